The molecule has 3 aliphatic heterocycles. The lowest BCUT2D eigenvalue weighted by atomic mass is 9.73. The van der Waals surface area contributed by atoms with Gasteiger partial charge in [-0.2, -0.15) is 0 Å². The lowest BCUT2D eigenvalue weighted by molar-refractivity contribution is -0.129. The number of rotatable bonds is 9. The normalized spacial score (nSPS) is 40.1. The van der Waals surface area contributed by atoms with Crippen LogP contribution >= 0.6 is 0 Å². The molecule has 1 aromatic rings. The summed E-state index contributed by atoms with van der Waals surface area (Å²) in [6.07, 6.45) is 10.3. The fourth-order valence-corrected chi connectivity index (χ4v) is 10.2. The molecule has 6 rings (SSSR count). The van der Waals surface area contributed by atoms with Gasteiger partial charge in [0, 0.05) is 42.9 Å². The van der Waals surface area contributed by atoms with E-state index < -0.39 is 28.1 Å². The fraction of sp³-hybridized carbons (Fsp3) is 0.742. The Hall–Kier alpha value is -1.88. The number of aliphatic imine (C=N–C) groups is 1. The third-order valence-electron chi connectivity index (χ3n) is 11.3. The Morgan fingerprint density at radius 2 is 2.00 bits per heavy atom. The Bertz CT molecular complexity index is 1290. The molecule has 10 unspecified atom stereocenters. The van der Waals surface area contributed by atoms with Gasteiger partial charge in [0.05, 0.1) is 29.6 Å². The number of carbonyl (C=O) groups is 1. The van der Waals surface area contributed by atoms with Gasteiger partial charge in [-0.15, -0.1) is 0 Å². The Kier molecular flexibility index (Phi) is 7.61. The minimum absolute atomic E-state index is 0.0581. The SMILES string of the molecule is CCCCC1C=NCC(NC(=O)C(C(N)N)C2CC34CC35CCCC4N2CC(F)C5)C1c1ccc(S(C)(=O)=O)cc1. The summed E-state index contributed by atoms with van der Waals surface area (Å²) in [5, 5.41) is 3.32. The van der Waals surface area contributed by atoms with Gasteiger partial charge in [-0.1, -0.05) is 38.3 Å². The molecule has 1 aromatic carbocycles. The zero-order valence-electron chi connectivity index (χ0n) is 24.3. The predicted molar refractivity (Wildman–Crippen MR) is 158 cm³/mol. The van der Waals surface area contributed by atoms with E-state index in [1.165, 1.54) is 6.26 Å². The lowest BCUT2D eigenvalue weighted by Crippen LogP contribution is -2.59. The monoisotopic (exact) mass is 587 g/mol. The fourth-order valence-electron chi connectivity index (χ4n) is 9.54. The molecule has 3 heterocycles. The summed E-state index contributed by atoms with van der Waals surface area (Å²) in [5.74, 6) is -0.775. The second-order valence-corrected chi connectivity index (χ2v) is 15.7. The van der Waals surface area contributed by atoms with Crippen LogP contribution in [0.4, 0.5) is 4.39 Å². The summed E-state index contributed by atoms with van der Waals surface area (Å²) < 4.78 is 39.4. The molecule has 0 aromatic heterocycles. The van der Waals surface area contributed by atoms with E-state index in [2.05, 4.69) is 22.1 Å². The molecule has 1 amide bonds. The molecule has 41 heavy (non-hydrogen) atoms. The van der Waals surface area contributed by atoms with Crippen LogP contribution in [0.15, 0.2) is 34.2 Å². The van der Waals surface area contributed by atoms with Gasteiger partial charge in [0.1, 0.15) is 6.17 Å². The van der Waals surface area contributed by atoms with Crippen molar-refractivity contribution in [2.45, 2.75) is 106 Å². The van der Waals surface area contributed by atoms with Gasteiger partial charge in [-0.25, -0.2) is 12.8 Å². The highest BCUT2D eigenvalue weighted by Crippen LogP contribution is 2.80. The van der Waals surface area contributed by atoms with E-state index in [4.69, 9.17) is 11.5 Å². The predicted octanol–water partition coefficient (Wildman–Crippen LogP) is 3.15. The highest BCUT2D eigenvalue weighted by molar-refractivity contribution is 7.90. The largest absolute Gasteiger partial charge is 0.350 e. The summed E-state index contributed by atoms with van der Waals surface area (Å²) >= 11 is 0. The van der Waals surface area contributed by atoms with Gasteiger partial charge in [0.15, 0.2) is 9.84 Å². The first kappa shape index (κ1) is 29.2. The van der Waals surface area contributed by atoms with E-state index in [0.29, 0.717) is 25.6 Å². The van der Waals surface area contributed by atoms with E-state index in [1.54, 1.807) is 12.1 Å². The van der Waals surface area contributed by atoms with Crippen LogP contribution in [0.5, 0.6) is 0 Å². The number of nitrogens with two attached hydrogens (primary N) is 2. The first-order valence-electron chi connectivity index (χ1n) is 15.5. The number of carbonyl (C=O) groups excluding carboxylic acids is 1. The Morgan fingerprint density at radius 1 is 1.24 bits per heavy atom. The number of nitrogens with zero attached hydrogens (tertiary/aromatic N) is 2. The number of hydrogen-bond donors (Lipinski definition) is 3. The molecule has 0 radical (unpaired) electrons. The molecule has 10 atom stereocenters. The first-order valence-corrected chi connectivity index (χ1v) is 17.4. The minimum atomic E-state index is -3.32. The maximum atomic E-state index is 15.2. The highest BCUT2D eigenvalue weighted by atomic mass is 32.2. The topological polar surface area (TPSA) is 131 Å². The molecular formula is C31H46FN5O3S. The van der Waals surface area contributed by atoms with E-state index in [-0.39, 0.29) is 45.6 Å². The minimum Gasteiger partial charge on any atom is -0.350 e. The number of benzene rings is 1. The maximum absolute atomic E-state index is 15.2. The van der Waals surface area contributed by atoms with Crippen LogP contribution in [0.25, 0.3) is 0 Å². The second-order valence-electron chi connectivity index (χ2n) is 13.7. The number of alkyl halides is 1. The third kappa shape index (κ3) is 4.96. The summed E-state index contributed by atoms with van der Waals surface area (Å²) in [7, 11) is -3.32. The Balaban J connectivity index is 1.27. The van der Waals surface area contributed by atoms with Crippen LogP contribution in [0, 0.1) is 22.7 Å². The molecule has 4 fully saturated rings. The molecule has 2 aliphatic carbocycles. The van der Waals surface area contributed by atoms with Crippen molar-refractivity contribution < 1.29 is 17.6 Å². The van der Waals surface area contributed by atoms with Crippen LogP contribution in [-0.2, 0) is 14.6 Å². The summed E-state index contributed by atoms with van der Waals surface area (Å²) in [6, 6.07) is 6.90. The number of halogens is 1. The van der Waals surface area contributed by atoms with Gasteiger partial charge in [0.25, 0.3) is 0 Å². The van der Waals surface area contributed by atoms with Crippen molar-refractivity contribution in [3.05, 3.63) is 29.8 Å². The van der Waals surface area contributed by atoms with E-state index >= 15 is 4.39 Å². The second kappa shape index (κ2) is 10.7. The van der Waals surface area contributed by atoms with Crippen molar-refractivity contribution >= 4 is 22.0 Å². The van der Waals surface area contributed by atoms with Crippen LogP contribution in [0.3, 0.4) is 0 Å². The molecule has 5 aliphatic rings. The molecule has 226 valence electrons. The van der Waals surface area contributed by atoms with Gasteiger partial charge in [-0.05, 0) is 67.1 Å². The Morgan fingerprint density at radius 3 is 2.68 bits per heavy atom. The number of sulfone groups is 1. The average Bonchev–Trinajstić information content (AvgIpc) is 3.45. The van der Waals surface area contributed by atoms with Crippen LogP contribution in [-0.4, -0.2) is 75.2 Å². The molecule has 8 nitrogen and oxygen atoms in total. The zero-order valence-corrected chi connectivity index (χ0v) is 25.2. The van der Waals surface area contributed by atoms with Gasteiger partial charge in [0.2, 0.25) is 5.91 Å². The average molecular weight is 588 g/mol. The van der Waals surface area contributed by atoms with Gasteiger partial charge >= 0.3 is 0 Å². The Labute approximate surface area is 243 Å². The van der Waals surface area contributed by atoms with Crippen molar-refractivity contribution in [3.63, 3.8) is 0 Å². The van der Waals surface area contributed by atoms with E-state index in [9.17, 15) is 13.2 Å². The van der Waals surface area contributed by atoms with Crippen molar-refractivity contribution in [2.75, 3.05) is 19.3 Å². The highest BCUT2D eigenvalue weighted by Gasteiger charge is 2.77. The van der Waals surface area contributed by atoms with Gasteiger partial charge < -0.3 is 16.8 Å². The number of nitrogens with one attached hydrogen (secondary N) is 1. The van der Waals surface area contributed by atoms with Crippen molar-refractivity contribution in [2.24, 2.45) is 39.1 Å². The molecule has 2 saturated carbocycles. The maximum Gasteiger partial charge on any atom is 0.227 e. The van der Waals surface area contributed by atoms with E-state index in [0.717, 1.165) is 56.9 Å². The van der Waals surface area contributed by atoms with E-state index in [1.807, 2.05) is 18.3 Å². The number of hydrogen-bond acceptors (Lipinski definition) is 7. The standard InChI is InChI=1S/C31H46FN5O3S/c1-3-4-6-20-15-35-16-23(26(20)19-8-10-22(11-9-19)41(2,39)40)36-29(38)27(28(33)34)24-14-31-18-30(31)12-5-7-25(31)37(24)17-21(32)13-30/h8-11,15,20-21,23-28H,3-7,12-14,16-18,33-34H2,1-2H3,(H,36,38). The summed E-state index contributed by atoms with van der Waals surface area (Å²) in [4.78, 5) is 21.4. The van der Waals surface area contributed by atoms with Gasteiger partial charge in [-0.3, -0.25) is 14.7 Å². The van der Waals surface area contributed by atoms with Crippen molar-refractivity contribution in [1.29, 1.82) is 0 Å². The van der Waals surface area contributed by atoms with Crippen molar-refractivity contribution in [1.82, 2.24) is 10.2 Å². The first-order chi connectivity index (χ1) is 19.5. The summed E-state index contributed by atoms with van der Waals surface area (Å²) in [6.45, 7) is 2.94. The summed E-state index contributed by atoms with van der Waals surface area (Å²) in [5.41, 5.74) is 13.9. The van der Waals surface area contributed by atoms with Crippen LogP contribution < -0.4 is 16.8 Å². The number of unbranched alkanes of at least 4 members (excludes halogenated alkanes) is 1. The molecule has 1 spiro atoms. The quantitative estimate of drug-likeness (QED) is 0.381. The third-order valence-corrected chi connectivity index (χ3v) is 12.4. The van der Waals surface area contributed by atoms with Crippen LogP contribution in [0.1, 0.15) is 76.2 Å². The molecular weight excluding hydrogens is 541 g/mol. The number of amides is 1. The molecule has 5 N–H and O–H groups in total. The van der Waals surface area contributed by atoms with Crippen molar-refractivity contribution in [3.8, 4) is 0 Å². The lowest BCUT2D eigenvalue weighted by Gasteiger charge is -2.39. The molecule has 4 bridgehead atoms. The molecule has 2 saturated heterocycles. The zero-order chi connectivity index (χ0) is 29.2. The smallest absolute Gasteiger partial charge is 0.227 e. The molecule has 10 heteroatoms. The van der Waals surface area contributed by atoms with Crippen LogP contribution in [0.2, 0.25) is 0 Å².